The molecule has 8 nitrogen and oxygen atoms in total. The third-order valence-corrected chi connectivity index (χ3v) is 9.78. The summed E-state index contributed by atoms with van der Waals surface area (Å²) in [5.41, 5.74) is 15.4. The van der Waals surface area contributed by atoms with Crippen LogP contribution in [0.1, 0.15) is 123 Å². The summed E-state index contributed by atoms with van der Waals surface area (Å²) in [5, 5.41) is 0. The molecular weight excluding hydrogens is 552 g/mol. The van der Waals surface area contributed by atoms with Crippen molar-refractivity contribution in [1.29, 1.82) is 0 Å². The van der Waals surface area contributed by atoms with E-state index in [1.54, 1.807) is 0 Å². The minimum Gasteiger partial charge on any atom is -0.469 e. The Morgan fingerprint density at radius 2 is 1.50 bits per heavy atom. The molecule has 6 rings (SSSR count). The number of esters is 2. The van der Waals surface area contributed by atoms with Crippen molar-refractivity contribution in [3.05, 3.63) is 69.1 Å². The zero-order valence-corrected chi connectivity index (χ0v) is 26.8. The first kappa shape index (κ1) is 29.6. The highest BCUT2D eigenvalue weighted by Crippen LogP contribution is 2.47. The zero-order valence-electron chi connectivity index (χ0n) is 26.8. The number of H-pyrrole nitrogens is 2. The fraction of sp³-hybridized carbons (Fsp3) is 0.389. The second kappa shape index (κ2) is 11.2. The minimum absolute atomic E-state index is 0.0321. The van der Waals surface area contributed by atoms with Crippen LogP contribution in [0.5, 0.6) is 0 Å². The van der Waals surface area contributed by atoms with E-state index in [-0.39, 0.29) is 24.2 Å². The van der Waals surface area contributed by atoms with E-state index in [2.05, 4.69) is 69.7 Å². The van der Waals surface area contributed by atoms with E-state index in [0.29, 0.717) is 12.0 Å². The number of carbonyl (C=O) groups excluding carboxylic acids is 2. The van der Waals surface area contributed by atoms with Gasteiger partial charge < -0.3 is 19.4 Å². The first-order valence-corrected chi connectivity index (χ1v) is 15.5. The molecule has 228 valence electrons. The van der Waals surface area contributed by atoms with Gasteiger partial charge in [-0.1, -0.05) is 20.8 Å². The molecule has 0 saturated carbocycles. The van der Waals surface area contributed by atoms with Crippen molar-refractivity contribution in [2.45, 2.75) is 79.1 Å². The van der Waals surface area contributed by atoms with Gasteiger partial charge in [-0.25, -0.2) is 14.8 Å². The molecule has 2 aromatic heterocycles. The smallest absolute Gasteiger partial charge is 0.338 e. The molecule has 0 spiro atoms. The Bertz CT molecular complexity index is 1900. The average molecular weight is 593 g/mol. The molecule has 0 saturated heterocycles. The molecule has 0 amide bonds. The lowest BCUT2D eigenvalue weighted by Gasteiger charge is -2.18. The van der Waals surface area contributed by atoms with Crippen LogP contribution in [0.15, 0.2) is 18.2 Å². The van der Waals surface area contributed by atoms with Crippen molar-refractivity contribution in [1.82, 2.24) is 19.9 Å². The molecular formula is C36H40N4O4. The van der Waals surface area contributed by atoms with Gasteiger partial charge in [0.25, 0.3) is 0 Å². The van der Waals surface area contributed by atoms with E-state index in [1.807, 2.05) is 6.08 Å². The molecule has 0 fully saturated rings. The Kier molecular flexibility index (Phi) is 7.56. The molecule has 0 aromatic carbocycles. The molecule has 3 aliphatic heterocycles. The number of rotatable bonds is 6. The van der Waals surface area contributed by atoms with Crippen LogP contribution in [-0.4, -0.2) is 46.1 Å². The van der Waals surface area contributed by atoms with Crippen LogP contribution in [0, 0.1) is 6.92 Å². The number of nitrogens with zero attached hydrogens (tertiary/aromatic N) is 2. The lowest BCUT2D eigenvalue weighted by Crippen LogP contribution is -2.10. The number of fused-ring (bicyclic) bond motifs is 8. The monoisotopic (exact) mass is 592 g/mol. The number of carbonyl (C=O) groups is 2. The van der Waals surface area contributed by atoms with E-state index >= 15 is 0 Å². The van der Waals surface area contributed by atoms with Crippen molar-refractivity contribution in [3.8, 4) is 0 Å². The number of aryl methyl sites for hydroxylation is 1. The van der Waals surface area contributed by atoms with Crippen molar-refractivity contribution >= 4 is 56.9 Å². The Balaban J connectivity index is 1.75. The SMILES string of the molecule is CCC1=C(C)c2cc3[nH]c(c4c5[nH]c(cc6nc(cc1n2)C(C)=C6CC)c(C)c5C=C4C(=O)OC)[C@@H](CCC(=O)OC)[C@@H]3C. The molecule has 0 unspecified atom stereocenters. The van der Waals surface area contributed by atoms with Crippen LogP contribution in [0.2, 0.25) is 0 Å². The molecule has 4 aliphatic rings. The zero-order chi connectivity index (χ0) is 31.4. The van der Waals surface area contributed by atoms with Crippen LogP contribution < -0.4 is 0 Å². The van der Waals surface area contributed by atoms with Crippen molar-refractivity contribution in [2.75, 3.05) is 14.2 Å². The van der Waals surface area contributed by atoms with Crippen LogP contribution in [0.3, 0.4) is 0 Å². The second-order valence-electron chi connectivity index (χ2n) is 12.0. The van der Waals surface area contributed by atoms with E-state index < -0.39 is 5.97 Å². The van der Waals surface area contributed by atoms with Gasteiger partial charge in [-0.05, 0) is 92.2 Å². The number of allylic oxidation sites excluding steroid dienone is 4. The fourth-order valence-electron chi connectivity index (χ4n) is 7.15. The van der Waals surface area contributed by atoms with Gasteiger partial charge in [0.15, 0.2) is 0 Å². The summed E-state index contributed by atoms with van der Waals surface area (Å²) >= 11 is 0. The summed E-state index contributed by atoms with van der Waals surface area (Å²) in [5.74, 6) is -0.695. The highest BCUT2D eigenvalue weighted by atomic mass is 16.5. The van der Waals surface area contributed by atoms with Crippen molar-refractivity contribution < 1.29 is 19.1 Å². The number of nitrogens with one attached hydrogen (secondary N) is 2. The van der Waals surface area contributed by atoms with E-state index in [0.717, 1.165) is 80.3 Å². The van der Waals surface area contributed by atoms with Gasteiger partial charge in [-0.2, -0.15) is 0 Å². The van der Waals surface area contributed by atoms with E-state index in [1.165, 1.54) is 30.9 Å². The van der Waals surface area contributed by atoms with Gasteiger partial charge in [-0.3, -0.25) is 4.79 Å². The molecule has 1 aliphatic carbocycles. The Morgan fingerprint density at radius 3 is 2.11 bits per heavy atom. The Hall–Kier alpha value is -4.46. The number of aromatic amines is 2. The molecule has 2 N–H and O–H groups in total. The maximum atomic E-state index is 13.2. The molecule has 0 radical (unpaired) electrons. The van der Waals surface area contributed by atoms with E-state index in [4.69, 9.17) is 19.4 Å². The average Bonchev–Trinajstić information content (AvgIpc) is 3.77. The largest absolute Gasteiger partial charge is 0.469 e. The van der Waals surface area contributed by atoms with Gasteiger partial charge in [0.05, 0.1) is 48.1 Å². The van der Waals surface area contributed by atoms with Crippen LogP contribution in [0.4, 0.5) is 0 Å². The van der Waals surface area contributed by atoms with Gasteiger partial charge in [0.2, 0.25) is 0 Å². The highest BCUT2D eigenvalue weighted by Gasteiger charge is 2.36. The minimum atomic E-state index is -0.400. The fourth-order valence-corrected chi connectivity index (χ4v) is 7.15. The number of ether oxygens (including phenoxy) is 2. The molecule has 2 atom stereocenters. The number of hydrogen-bond donors (Lipinski definition) is 2. The molecule has 44 heavy (non-hydrogen) atoms. The van der Waals surface area contributed by atoms with Crippen molar-refractivity contribution in [2.24, 2.45) is 0 Å². The van der Waals surface area contributed by atoms with Gasteiger partial charge in [0.1, 0.15) is 0 Å². The number of methoxy groups -OCH3 is 2. The number of hydrogen-bond acceptors (Lipinski definition) is 6. The predicted molar refractivity (Wildman–Crippen MR) is 175 cm³/mol. The molecule has 8 bridgehead atoms. The highest BCUT2D eigenvalue weighted by molar-refractivity contribution is 6.28. The predicted octanol–water partition coefficient (Wildman–Crippen LogP) is 7.89. The van der Waals surface area contributed by atoms with Crippen LogP contribution in [0.25, 0.3) is 45.0 Å². The van der Waals surface area contributed by atoms with Gasteiger partial charge in [0, 0.05) is 46.3 Å². The third kappa shape index (κ3) is 4.59. The molecule has 5 heterocycles. The first-order valence-electron chi connectivity index (χ1n) is 15.5. The molecule has 8 heteroatoms. The van der Waals surface area contributed by atoms with E-state index in [9.17, 15) is 9.59 Å². The summed E-state index contributed by atoms with van der Waals surface area (Å²) in [4.78, 5) is 43.2. The first-order chi connectivity index (χ1) is 21.1. The Labute approximate surface area is 258 Å². The maximum Gasteiger partial charge on any atom is 0.338 e. The number of aromatic nitrogens is 4. The molecule has 2 aromatic rings. The lowest BCUT2D eigenvalue weighted by atomic mass is 9.85. The normalized spacial score (nSPS) is 18.0. The Morgan fingerprint density at radius 1 is 0.864 bits per heavy atom. The van der Waals surface area contributed by atoms with Crippen LogP contribution >= 0.6 is 0 Å². The summed E-state index contributed by atoms with van der Waals surface area (Å²) in [6, 6.07) is 6.38. The van der Waals surface area contributed by atoms with Crippen molar-refractivity contribution in [3.63, 3.8) is 0 Å². The summed E-state index contributed by atoms with van der Waals surface area (Å²) in [6.45, 7) is 12.8. The van der Waals surface area contributed by atoms with Gasteiger partial charge >= 0.3 is 11.9 Å². The van der Waals surface area contributed by atoms with Gasteiger partial charge in [-0.15, -0.1) is 0 Å². The maximum absolute atomic E-state index is 13.2. The third-order valence-electron chi connectivity index (χ3n) is 9.78. The quantitative estimate of drug-likeness (QED) is 0.330. The lowest BCUT2D eigenvalue weighted by molar-refractivity contribution is -0.140. The summed E-state index contributed by atoms with van der Waals surface area (Å²) in [6.07, 6.45) is 4.46. The van der Waals surface area contributed by atoms with Crippen LogP contribution in [-0.2, 0) is 19.1 Å². The standard InChI is InChI=1S/C36H40N4O4/c1-9-21-17(3)26-14-28-19(5)23(11-12-32(41)43-7)34(39-28)33-25(36(42)44-8)13-24-20(6)29(40-35(24)33)16-31-22(10-2)18(4)27(38-31)15-30(21)37-26/h13-16,19,23,39-40H,9-12H2,1-8H3/t19-,23-/m0/s1. The summed E-state index contributed by atoms with van der Waals surface area (Å²) < 4.78 is 10.3. The summed E-state index contributed by atoms with van der Waals surface area (Å²) in [7, 11) is 2.82. The second-order valence-corrected chi connectivity index (χ2v) is 12.0. The topological polar surface area (TPSA) is 110 Å².